The van der Waals surface area contributed by atoms with Crippen molar-refractivity contribution < 1.29 is 17.4 Å². The summed E-state index contributed by atoms with van der Waals surface area (Å²) < 4.78 is 33.3. The Labute approximate surface area is 66.0 Å². The number of rotatable bonds is 5. The Balaban J connectivity index is 4.11. The highest BCUT2D eigenvalue weighted by molar-refractivity contribution is 7.83. The Morgan fingerprint density at radius 1 is 1.45 bits per heavy atom. The maximum atomic E-state index is 12.2. The minimum absolute atomic E-state index is 0.111. The van der Waals surface area contributed by atoms with Gasteiger partial charge in [-0.2, -0.15) is 12.7 Å². The molecule has 0 radical (unpaired) electrons. The van der Waals surface area contributed by atoms with Gasteiger partial charge in [0, 0.05) is 13.1 Å². The molecule has 0 fully saturated rings. The summed E-state index contributed by atoms with van der Waals surface area (Å²) in [5, 5.41) is 8.35. The Kier molecular flexibility index (Phi) is 4.55. The number of halogens is 1. The number of aliphatic hydroxyl groups excluding tert-OH is 1. The third-order valence-corrected chi connectivity index (χ3v) is 2.11. The van der Waals surface area contributed by atoms with Gasteiger partial charge in [0.25, 0.3) is 0 Å². The van der Waals surface area contributed by atoms with Gasteiger partial charge in [-0.3, -0.25) is 0 Å². The van der Waals surface area contributed by atoms with Crippen molar-refractivity contribution in [2.24, 2.45) is 0 Å². The summed E-state index contributed by atoms with van der Waals surface area (Å²) in [4.78, 5) is 0. The fraction of sp³-hybridized carbons (Fsp3) is 1.00. The van der Waals surface area contributed by atoms with Crippen LogP contribution in [-0.4, -0.2) is 37.5 Å². The fourth-order valence-corrected chi connectivity index (χ4v) is 1.39. The van der Waals surface area contributed by atoms with Gasteiger partial charge in [-0.1, -0.05) is 10.8 Å². The minimum Gasteiger partial charge on any atom is -0.395 e. The molecule has 0 saturated carbocycles. The molecule has 0 heterocycles. The van der Waals surface area contributed by atoms with Crippen molar-refractivity contribution in [1.82, 2.24) is 4.31 Å². The van der Waals surface area contributed by atoms with Crippen LogP contribution in [0.1, 0.15) is 13.3 Å². The van der Waals surface area contributed by atoms with Crippen LogP contribution >= 0.6 is 0 Å². The first-order chi connectivity index (χ1) is 5.02. The van der Waals surface area contributed by atoms with E-state index in [1.807, 2.05) is 0 Å². The Morgan fingerprint density at radius 3 is 2.27 bits per heavy atom. The smallest absolute Gasteiger partial charge is 0.374 e. The highest BCUT2D eigenvalue weighted by Crippen LogP contribution is 2.02. The molecule has 0 aliphatic carbocycles. The average molecular weight is 185 g/mol. The van der Waals surface area contributed by atoms with Crippen molar-refractivity contribution in [3.05, 3.63) is 0 Å². The largest absolute Gasteiger partial charge is 0.395 e. The molecule has 0 aliphatic heterocycles. The van der Waals surface area contributed by atoms with Crippen molar-refractivity contribution in [2.45, 2.75) is 13.3 Å². The zero-order valence-electron chi connectivity index (χ0n) is 6.33. The van der Waals surface area contributed by atoms with E-state index in [1.54, 1.807) is 6.92 Å². The summed E-state index contributed by atoms with van der Waals surface area (Å²) in [6.07, 6.45) is 0.531. The molecule has 0 saturated heterocycles. The summed E-state index contributed by atoms with van der Waals surface area (Å²) >= 11 is 0. The minimum atomic E-state index is -4.62. The summed E-state index contributed by atoms with van der Waals surface area (Å²) in [5.74, 6) is 0. The molecule has 68 valence electrons. The summed E-state index contributed by atoms with van der Waals surface area (Å²) in [7, 11) is -4.62. The molecular weight excluding hydrogens is 173 g/mol. The summed E-state index contributed by atoms with van der Waals surface area (Å²) in [5.41, 5.74) is 0. The van der Waals surface area contributed by atoms with Gasteiger partial charge in [0.15, 0.2) is 0 Å². The highest BCUT2D eigenvalue weighted by atomic mass is 32.3. The second kappa shape index (κ2) is 4.63. The maximum absolute atomic E-state index is 12.2. The van der Waals surface area contributed by atoms with E-state index in [0.29, 0.717) is 10.7 Å². The van der Waals surface area contributed by atoms with Gasteiger partial charge in [-0.15, -0.1) is 0 Å². The summed E-state index contributed by atoms with van der Waals surface area (Å²) in [6, 6.07) is 0. The van der Waals surface area contributed by atoms with Gasteiger partial charge in [-0.05, 0) is 6.42 Å². The Morgan fingerprint density at radius 2 is 2.00 bits per heavy atom. The molecule has 0 aliphatic rings. The van der Waals surface area contributed by atoms with E-state index in [0.717, 1.165) is 0 Å². The number of hydrogen-bond donors (Lipinski definition) is 1. The van der Waals surface area contributed by atoms with E-state index in [-0.39, 0.29) is 19.7 Å². The van der Waals surface area contributed by atoms with E-state index in [9.17, 15) is 12.3 Å². The quantitative estimate of drug-likeness (QED) is 0.609. The van der Waals surface area contributed by atoms with Crippen LogP contribution in [0.2, 0.25) is 0 Å². The SMILES string of the molecule is CCCN(CCO)S(=O)(=O)F. The van der Waals surface area contributed by atoms with E-state index in [2.05, 4.69) is 0 Å². The van der Waals surface area contributed by atoms with Crippen LogP contribution < -0.4 is 0 Å². The van der Waals surface area contributed by atoms with Crippen LogP contribution in [0, 0.1) is 0 Å². The second-order valence-electron chi connectivity index (χ2n) is 2.06. The molecular formula is C5H12FNO3S. The molecule has 0 atom stereocenters. The third kappa shape index (κ3) is 4.28. The number of aliphatic hydroxyl groups is 1. The predicted octanol–water partition coefficient (Wildman–Crippen LogP) is -0.0950. The molecule has 0 aromatic rings. The predicted molar refractivity (Wildman–Crippen MR) is 39.0 cm³/mol. The van der Waals surface area contributed by atoms with Crippen LogP contribution in [0.25, 0.3) is 0 Å². The third-order valence-electron chi connectivity index (χ3n) is 1.13. The van der Waals surface area contributed by atoms with Crippen LogP contribution in [-0.2, 0) is 10.4 Å². The van der Waals surface area contributed by atoms with Crippen molar-refractivity contribution >= 4 is 10.4 Å². The van der Waals surface area contributed by atoms with Gasteiger partial charge in [0.2, 0.25) is 0 Å². The van der Waals surface area contributed by atoms with Crippen LogP contribution in [0.3, 0.4) is 0 Å². The standard InChI is InChI=1S/C5H12FNO3S/c1-2-3-7(4-5-8)11(6,9)10/h8H,2-5H2,1H3. The first-order valence-electron chi connectivity index (χ1n) is 3.33. The van der Waals surface area contributed by atoms with Gasteiger partial charge in [0.05, 0.1) is 6.61 Å². The van der Waals surface area contributed by atoms with Gasteiger partial charge >= 0.3 is 10.4 Å². The highest BCUT2D eigenvalue weighted by Gasteiger charge is 2.18. The molecule has 6 heteroatoms. The first-order valence-corrected chi connectivity index (χ1v) is 4.67. The first kappa shape index (κ1) is 10.8. The van der Waals surface area contributed by atoms with Gasteiger partial charge in [0.1, 0.15) is 0 Å². The van der Waals surface area contributed by atoms with Crippen molar-refractivity contribution in [2.75, 3.05) is 19.7 Å². The molecule has 11 heavy (non-hydrogen) atoms. The van der Waals surface area contributed by atoms with E-state index < -0.39 is 10.4 Å². The average Bonchev–Trinajstić information content (AvgIpc) is 1.85. The van der Waals surface area contributed by atoms with Crippen molar-refractivity contribution in [1.29, 1.82) is 0 Å². The topological polar surface area (TPSA) is 57.6 Å². The lowest BCUT2D eigenvalue weighted by atomic mass is 10.5. The lowest BCUT2D eigenvalue weighted by Crippen LogP contribution is -2.31. The summed E-state index contributed by atoms with van der Waals surface area (Å²) in [6.45, 7) is 1.31. The fourth-order valence-electron chi connectivity index (χ4n) is 0.691. The molecule has 0 aromatic heterocycles. The maximum Gasteiger partial charge on any atom is 0.374 e. The molecule has 0 spiro atoms. The molecule has 0 rings (SSSR count). The molecule has 0 bridgehead atoms. The lowest BCUT2D eigenvalue weighted by Gasteiger charge is -2.13. The Hall–Kier alpha value is -0.200. The zero-order valence-corrected chi connectivity index (χ0v) is 7.14. The van der Waals surface area contributed by atoms with E-state index in [1.165, 1.54) is 0 Å². The number of hydrogen-bond acceptors (Lipinski definition) is 3. The lowest BCUT2D eigenvalue weighted by molar-refractivity contribution is 0.249. The normalized spacial score (nSPS) is 12.4. The van der Waals surface area contributed by atoms with E-state index >= 15 is 0 Å². The van der Waals surface area contributed by atoms with Crippen LogP contribution in [0.4, 0.5) is 3.89 Å². The molecule has 4 nitrogen and oxygen atoms in total. The molecule has 0 unspecified atom stereocenters. The zero-order chi connectivity index (χ0) is 8.91. The molecule has 1 N–H and O–H groups in total. The molecule has 0 amide bonds. The monoisotopic (exact) mass is 185 g/mol. The number of nitrogens with zero attached hydrogens (tertiary/aromatic N) is 1. The van der Waals surface area contributed by atoms with Gasteiger partial charge < -0.3 is 5.11 Å². The van der Waals surface area contributed by atoms with E-state index in [4.69, 9.17) is 5.11 Å². The molecule has 0 aromatic carbocycles. The van der Waals surface area contributed by atoms with Crippen molar-refractivity contribution in [3.63, 3.8) is 0 Å². The van der Waals surface area contributed by atoms with Gasteiger partial charge in [-0.25, -0.2) is 0 Å². The van der Waals surface area contributed by atoms with Crippen LogP contribution in [0.5, 0.6) is 0 Å². The van der Waals surface area contributed by atoms with Crippen LogP contribution in [0.15, 0.2) is 0 Å². The second-order valence-corrected chi connectivity index (χ2v) is 3.41. The Bertz CT molecular complexity index is 186. The van der Waals surface area contributed by atoms with Crippen molar-refractivity contribution in [3.8, 4) is 0 Å².